The average Bonchev–Trinajstić information content (AvgIpc) is 1.27. The third-order valence-electron chi connectivity index (χ3n) is 17.5. The number of ether oxygens (including phenoxy) is 12. The van der Waals surface area contributed by atoms with Crippen molar-refractivity contribution in [3.05, 3.63) is 0 Å². The molecule has 0 aromatic carbocycles. The second-order valence-electron chi connectivity index (χ2n) is 34.5. The van der Waals surface area contributed by atoms with Crippen LogP contribution in [-0.2, 0) is 71.2 Å². The van der Waals surface area contributed by atoms with Gasteiger partial charge in [0.25, 0.3) is 11.6 Å². The van der Waals surface area contributed by atoms with Gasteiger partial charge in [0.1, 0.15) is 116 Å². The van der Waals surface area contributed by atoms with Crippen molar-refractivity contribution in [1.82, 2.24) is 5.32 Å². The molecular formula is C70H133NO38. The van der Waals surface area contributed by atoms with Crippen LogP contribution in [0.3, 0.4) is 0 Å². The van der Waals surface area contributed by atoms with Crippen LogP contribution in [0, 0.1) is 38.9 Å². The number of carbonyl (C=O) groups is 3. The Morgan fingerprint density at radius 1 is 0.413 bits per heavy atom. The van der Waals surface area contributed by atoms with Crippen molar-refractivity contribution in [3.8, 4) is 0 Å². The zero-order valence-corrected chi connectivity index (χ0v) is 65.8. The summed E-state index contributed by atoms with van der Waals surface area (Å²) in [5, 5.41) is 225. The molecule has 6 aliphatic heterocycles. The second kappa shape index (κ2) is 43.9. The molecule has 6 aliphatic rings. The zero-order chi connectivity index (χ0) is 84.4. The summed E-state index contributed by atoms with van der Waals surface area (Å²) in [6.45, 7) is 30.8. The Labute approximate surface area is 636 Å². The Balaban J connectivity index is 0.000000473. The highest BCUT2D eigenvalue weighted by molar-refractivity contribution is 5.76. The van der Waals surface area contributed by atoms with Crippen molar-refractivity contribution in [2.45, 2.75) is 315 Å². The molecule has 1 amide bonds. The maximum Gasteiger partial charge on any atom is 0.364 e. The molecule has 0 bridgehead atoms. The molecule has 31 atom stereocenters. The molecular weight excluding hydrogens is 1460 g/mol. The Hall–Kier alpha value is -2.91. The van der Waals surface area contributed by atoms with Gasteiger partial charge in [-0.2, -0.15) is 0 Å². The lowest BCUT2D eigenvalue weighted by Crippen LogP contribution is -2.67. The third kappa shape index (κ3) is 31.2. The summed E-state index contributed by atoms with van der Waals surface area (Å²) >= 11 is 0. The second-order valence-corrected chi connectivity index (χ2v) is 34.5. The normalized spacial score (nSPS) is 37.8. The first kappa shape index (κ1) is 102. The first-order chi connectivity index (χ1) is 49.9. The number of rotatable bonds is 25. The van der Waals surface area contributed by atoms with Gasteiger partial charge >= 0.3 is 11.9 Å². The van der Waals surface area contributed by atoms with E-state index in [4.69, 9.17) is 77.3 Å². The van der Waals surface area contributed by atoms with Crippen molar-refractivity contribution >= 4 is 17.8 Å². The molecule has 24 N–H and O–H groups in total. The molecule has 6 heterocycles. The largest absolute Gasteiger partial charge is 0.477 e. The number of aliphatic hydroxyl groups excluding tert-OH is 21. The number of carbonyl (C=O) groups excluding carboxylic acids is 1. The Kier molecular flexibility index (Phi) is 41.1. The van der Waals surface area contributed by atoms with E-state index in [-0.39, 0.29) is 54.5 Å². The van der Waals surface area contributed by atoms with Crippen LogP contribution in [0.2, 0.25) is 0 Å². The van der Waals surface area contributed by atoms with E-state index in [0.29, 0.717) is 13.2 Å². The van der Waals surface area contributed by atoms with Gasteiger partial charge in [0, 0.05) is 31.6 Å². The highest BCUT2D eigenvalue weighted by atomic mass is 16.8. The third-order valence-corrected chi connectivity index (χ3v) is 17.5. The Bertz CT molecular complexity index is 2540. The minimum atomic E-state index is -2.27. The maximum atomic E-state index is 11.7. The lowest BCUT2D eigenvalue weighted by Gasteiger charge is -2.47. The average molecular weight is 1600 g/mol. The van der Waals surface area contributed by atoms with Crippen LogP contribution in [0.5, 0.6) is 0 Å². The molecule has 0 aromatic rings. The monoisotopic (exact) mass is 1600 g/mol. The van der Waals surface area contributed by atoms with E-state index in [2.05, 4.69) is 5.32 Å². The van der Waals surface area contributed by atoms with Crippen LogP contribution in [0.1, 0.15) is 137 Å². The van der Waals surface area contributed by atoms with Crippen molar-refractivity contribution in [2.75, 3.05) is 72.7 Å². The highest BCUT2D eigenvalue weighted by Gasteiger charge is 2.58. The molecule has 39 nitrogen and oxygen atoms in total. The molecule has 39 heteroatoms. The van der Waals surface area contributed by atoms with Crippen molar-refractivity contribution < 1.29 is 189 Å². The van der Waals surface area contributed by atoms with E-state index in [1.54, 1.807) is 34.6 Å². The predicted octanol–water partition coefficient (Wildman–Crippen LogP) is -6.19. The van der Waals surface area contributed by atoms with Gasteiger partial charge in [-0.1, -0.05) is 118 Å². The smallest absolute Gasteiger partial charge is 0.364 e. The molecule has 9 unspecified atom stereocenters. The van der Waals surface area contributed by atoms with Gasteiger partial charge in [-0.15, -0.1) is 0 Å². The molecule has 0 spiro atoms. The molecule has 0 radical (unpaired) electrons. The summed E-state index contributed by atoms with van der Waals surface area (Å²) in [6, 6.07) is -0.990. The van der Waals surface area contributed by atoms with E-state index in [9.17, 15) is 111 Å². The van der Waals surface area contributed by atoms with Crippen molar-refractivity contribution in [1.29, 1.82) is 0 Å². The number of aliphatic carboxylic acids is 2. The molecule has 646 valence electrons. The lowest BCUT2D eigenvalue weighted by molar-refractivity contribution is -0.340. The number of carboxylic acids is 2. The summed E-state index contributed by atoms with van der Waals surface area (Å²) in [7, 11) is 0. The van der Waals surface area contributed by atoms with Gasteiger partial charge in [0.15, 0.2) is 25.2 Å². The summed E-state index contributed by atoms with van der Waals surface area (Å²) in [5.74, 6) is -9.09. The van der Waals surface area contributed by atoms with E-state index in [0.717, 1.165) is 0 Å². The molecule has 6 fully saturated rings. The standard InChI is InChI=1S/C20H37NO10.C15H28O8.C14H26O9.C11H22O6.C10H20O5/c1-9-14(25)15(26)11(6-22)29-18(9)31-17-12(7-23)30-19(28-8-20(3,4)5)13(16(17)27)21-10(2)24;1-8-9(17)5-15(13(20)21,22-7-14(2,3)4)23-12(8)11(19)10(18)6-16;1-13(2,3)6-22-14(12(20)21)4-7(16)9(18)11(23-14)10(19)8(17)5-15;1-11(2,3)5-16-10-9(15)8(14)7(13)6(4-12)17-10;1-10(2,3)5-14-9-8(13)7(12)6(4-11)15-9/h9,11-19,22-23,25-27H,6-8H2,1-5H3,(H,21,24);8-12,16-19H,5-7H2,1-4H3,(H,20,21);7-11,15-19H,4-6H2,1-3H3,(H,20,21);6-10,12-15H,4-5H2,1-3H3;6-9,11-13H,4-5H2,1-3H3/t9?,11?,12?,13?,14-,15-,16-,17-,18+,19-;8-,9-,10-,11-,12?,15-;7-,8-,9-,10-,11?,14-;6?,7-,8+,9?,10+;6-,7+,8?,9+/m11111/s1. The maximum absolute atomic E-state index is 11.7. The van der Waals surface area contributed by atoms with Gasteiger partial charge in [-0.05, 0) is 27.1 Å². The summed E-state index contributed by atoms with van der Waals surface area (Å²) < 4.78 is 65.7. The van der Waals surface area contributed by atoms with Crippen LogP contribution in [-0.4, -0.2) is 385 Å². The molecule has 6 rings (SSSR count). The van der Waals surface area contributed by atoms with Gasteiger partial charge in [0.2, 0.25) is 5.91 Å². The van der Waals surface area contributed by atoms with Crippen LogP contribution >= 0.6 is 0 Å². The number of amides is 1. The van der Waals surface area contributed by atoms with Crippen LogP contribution in [0.4, 0.5) is 0 Å². The van der Waals surface area contributed by atoms with E-state index in [1.807, 2.05) is 83.1 Å². The SMILES string of the molecule is CC(=O)NC1[C@H](OCC(C)(C)C)OC(CO)[C@@H](O[C@@H]2OC(CO)[C@@H](O)[C@H](O)C2C)[C@@H]1O.CC(C)(C)CO[C@H]1OC(CO)[C@@H](O)[C@H](O)C1O.CC(C)(C)CO[C@H]1O[C@H](CO)[C@H](O)C1O.CC(C)(C)CO[C@]1(C(=O)O)C[C@@H](O)[C@@H](O)C([C@H](O)[C@H](O)CO)O1.C[C@H]1C([C@H](O)[C@H](O)CO)O[C@@](OCC(C)(C)C)(C(=O)O)C[C@H]1O. The Morgan fingerprint density at radius 2 is 0.743 bits per heavy atom. The molecule has 0 aliphatic carbocycles. The number of nitrogens with one attached hydrogen (secondary N) is 1. The predicted molar refractivity (Wildman–Crippen MR) is 375 cm³/mol. The van der Waals surface area contributed by atoms with E-state index >= 15 is 0 Å². The number of carboxylic acid groups (broad SMARTS) is 2. The topological polar surface area (TPSA) is 639 Å². The Morgan fingerprint density at radius 3 is 1.11 bits per heavy atom. The summed E-state index contributed by atoms with van der Waals surface area (Å²) in [6.07, 6.45) is -33.6. The fourth-order valence-corrected chi connectivity index (χ4v) is 11.1. The van der Waals surface area contributed by atoms with E-state index in [1.165, 1.54) is 6.92 Å². The summed E-state index contributed by atoms with van der Waals surface area (Å²) in [5.41, 5.74) is -1.09. The minimum Gasteiger partial charge on any atom is -0.477 e. The molecule has 6 saturated heterocycles. The van der Waals surface area contributed by atoms with Crippen LogP contribution in [0.25, 0.3) is 0 Å². The van der Waals surface area contributed by atoms with Crippen LogP contribution < -0.4 is 5.32 Å². The van der Waals surface area contributed by atoms with Crippen LogP contribution in [0.15, 0.2) is 0 Å². The van der Waals surface area contributed by atoms with Crippen molar-refractivity contribution in [3.63, 3.8) is 0 Å². The fourth-order valence-electron chi connectivity index (χ4n) is 11.1. The number of aliphatic hydroxyl groups is 21. The van der Waals surface area contributed by atoms with Gasteiger partial charge in [-0.3, -0.25) is 4.79 Å². The van der Waals surface area contributed by atoms with Gasteiger partial charge in [-0.25, -0.2) is 9.59 Å². The first-order valence-electron chi connectivity index (χ1n) is 36.2. The number of hydrogen-bond acceptors (Lipinski definition) is 36. The van der Waals surface area contributed by atoms with Gasteiger partial charge in [0.05, 0.1) is 97.1 Å². The highest BCUT2D eigenvalue weighted by Crippen LogP contribution is 2.40. The lowest BCUT2D eigenvalue weighted by atomic mass is 9.84. The first-order valence-corrected chi connectivity index (χ1v) is 36.2. The van der Waals surface area contributed by atoms with E-state index < -0.39 is 252 Å². The van der Waals surface area contributed by atoms with Crippen molar-refractivity contribution in [2.24, 2.45) is 38.9 Å². The fraction of sp³-hybridized carbons (Fsp3) is 0.957. The minimum absolute atomic E-state index is 0.0204. The number of hydrogen-bond donors (Lipinski definition) is 24. The summed E-state index contributed by atoms with van der Waals surface area (Å²) in [4.78, 5) is 35.0. The molecule has 0 saturated carbocycles. The van der Waals surface area contributed by atoms with Gasteiger partial charge < -0.3 is 180 Å². The quantitative estimate of drug-likeness (QED) is 0.0404. The molecule has 109 heavy (non-hydrogen) atoms. The zero-order valence-electron chi connectivity index (χ0n) is 65.8. The molecule has 0 aromatic heterocycles.